The first-order chi connectivity index (χ1) is 18.5. The van der Waals surface area contributed by atoms with E-state index in [0.29, 0.717) is 24.7 Å². The highest BCUT2D eigenvalue weighted by molar-refractivity contribution is 5.93. The van der Waals surface area contributed by atoms with Gasteiger partial charge in [-0.25, -0.2) is 0 Å². The summed E-state index contributed by atoms with van der Waals surface area (Å²) < 4.78 is 11.0. The van der Waals surface area contributed by atoms with Crippen LogP contribution in [0.5, 0.6) is 5.75 Å². The second-order valence-electron chi connectivity index (χ2n) is 9.91. The first-order valence-corrected chi connectivity index (χ1v) is 13.1. The number of rotatable bonds is 6. The van der Waals surface area contributed by atoms with Crippen molar-refractivity contribution >= 4 is 17.3 Å². The van der Waals surface area contributed by atoms with E-state index in [2.05, 4.69) is 69.0 Å². The number of carbonyl (C=O) groups is 1. The zero-order chi connectivity index (χ0) is 26.1. The molecule has 8 heteroatoms. The molecule has 3 aromatic carbocycles. The highest BCUT2D eigenvalue weighted by Gasteiger charge is 2.23. The molecular formula is C30H31N5O3. The van der Waals surface area contributed by atoms with Gasteiger partial charge in [0.2, 0.25) is 17.6 Å². The molecule has 2 aliphatic rings. The molecule has 6 rings (SSSR count). The molecule has 3 heterocycles. The maximum atomic E-state index is 13.0. The van der Waals surface area contributed by atoms with E-state index in [0.717, 1.165) is 83.1 Å². The van der Waals surface area contributed by atoms with Crippen LogP contribution < -0.4 is 20.3 Å². The predicted octanol–water partition coefficient (Wildman–Crippen LogP) is 4.55. The molecule has 2 aliphatic heterocycles. The Kier molecular flexibility index (Phi) is 6.55. The summed E-state index contributed by atoms with van der Waals surface area (Å²) in [6.07, 6.45) is 1.18. The number of piperazine rings is 1. The SMILES string of the molecule is Cc1nc(-c2ccc(-c3ccc(CC(=O)Nc4cc5c(c(N6CCNCC6)c4)OCC5)cc3)c(C)c2)no1. The Labute approximate surface area is 222 Å². The summed E-state index contributed by atoms with van der Waals surface area (Å²) in [5.41, 5.74) is 8.32. The highest BCUT2D eigenvalue weighted by Crippen LogP contribution is 2.39. The number of carbonyl (C=O) groups excluding carboxylic acids is 1. The number of nitrogens with zero attached hydrogens (tertiary/aromatic N) is 3. The van der Waals surface area contributed by atoms with Gasteiger partial charge >= 0.3 is 0 Å². The van der Waals surface area contributed by atoms with Crippen LogP contribution in [0, 0.1) is 13.8 Å². The summed E-state index contributed by atoms with van der Waals surface area (Å²) in [4.78, 5) is 19.6. The van der Waals surface area contributed by atoms with Crippen LogP contribution >= 0.6 is 0 Å². The van der Waals surface area contributed by atoms with Crippen LogP contribution in [0.2, 0.25) is 0 Å². The fourth-order valence-corrected chi connectivity index (χ4v) is 5.24. The van der Waals surface area contributed by atoms with Crippen LogP contribution in [0.15, 0.2) is 59.1 Å². The van der Waals surface area contributed by atoms with Gasteiger partial charge in [0, 0.05) is 56.3 Å². The number of benzene rings is 3. The lowest BCUT2D eigenvalue weighted by Gasteiger charge is -2.31. The molecular weight excluding hydrogens is 478 g/mol. The van der Waals surface area contributed by atoms with Gasteiger partial charge in [0.25, 0.3) is 0 Å². The van der Waals surface area contributed by atoms with Gasteiger partial charge in [0.05, 0.1) is 18.7 Å². The van der Waals surface area contributed by atoms with E-state index < -0.39 is 0 Å². The molecule has 38 heavy (non-hydrogen) atoms. The minimum atomic E-state index is -0.0289. The lowest BCUT2D eigenvalue weighted by atomic mass is 9.97. The molecule has 1 aromatic heterocycles. The highest BCUT2D eigenvalue weighted by atomic mass is 16.5. The molecule has 4 aromatic rings. The molecule has 0 bridgehead atoms. The van der Waals surface area contributed by atoms with Crippen molar-refractivity contribution in [1.29, 1.82) is 0 Å². The maximum absolute atomic E-state index is 13.0. The number of hydrogen-bond acceptors (Lipinski definition) is 7. The molecule has 0 spiro atoms. The minimum absolute atomic E-state index is 0.0289. The summed E-state index contributed by atoms with van der Waals surface area (Å²) in [5.74, 6) is 2.08. The minimum Gasteiger partial charge on any atom is -0.491 e. The zero-order valence-corrected chi connectivity index (χ0v) is 21.7. The number of aryl methyl sites for hydroxylation is 2. The van der Waals surface area contributed by atoms with Crippen LogP contribution in [0.4, 0.5) is 11.4 Å². The van der Waals surface area contributed by atoms with Gasteiger partial charge in [0.1, 0.15) is 5.75 Å². The number of anilines is 2. The van der Waals surface area contributed by atoms with Crippen LogP contribution in [0.1, 0.15) is 22.6 Å². The van der Waals surface area contributed by atoms with Crippen molar-refractivity contribution in [1.82, 2.24) is 15.5 Å². The third-order valence-corrected chi connectivity index (χ3v) is 7.15. The summed E-state index contributed by atoms with van der Waals surface area (Å²) in [6.45, 7) is 8.30. The van der Waals surface area contributed by atoms with Gasteiger partial charge in [-0.3, -0.25) is 4.79 Å². The van der Waals surface area contributed by atoms with Crippen molar-refractivity contribution in [3.63, 3.8) is 0 Å². The van der Waals surface area contributed by atoms with E-state index in [9.17, 15) is 4.79 Å². The molecule has 1 amide bonds. The van der Waals surface area contributed by atoms with E-state index >= 15 is 0 Å². The summed E-state index contributed by atoms with van der Waals surface area (Å²) >= 11 is 0. The van der Waals surface area contributed by atoms with Crippen LogP contribution in [-0.2, 0) is 17.6 Å². The van der Waals surface area contributed by atoms with Crippen molar-refractivity contribution in [2.45, 2.75) is 26.7 Å². The number of aromatic nitrogens is 2. The lowest BCUT2D eigenvalue weighted by molar-refractivity contribution is -0.115. The molecule has 8 nitrogen and oxygen atoms in total. The van der Waals surface area contributed by atoms with Crippen LogP contribution in [-0.4, -0.2) is 48.8 Å². The average Bonchev–Trinajstić information content (AvgIpc) is 3.58. The van der Waals surface area contributed by atoms with E-state index in [-0.39, 0.29) is 5.91 Å². The summed E-state index contributed by atoms with van der Waals surface area (Å²) in [7, 11) is 0. The Morgan fingerprint density at radius 3 is 2.55 bits per heavy atom. The second kappa shape index (κ2) is 10.3. The average molecular weight is 510 g/mol. The fourth-order valence-electron chi connectivity index (χ4n) is 5.24. The van der Waals surface area contributed by atoms with E-state index in [1.807, 2.05) is 18.2 Å². The number of nitrogens with one attached hydrogen (secondary N) is 2. The van der Waals surface area contributed by atoms with E-state index in [1.165, 1.54) is 0 Å². The van der Waals surface area contributed by atoms with Crippen LogP contribution in [0.3, 0.4) is 0 Å². The Morgan fingerprint density at radius 2 is 1.82 bits per heavy atom. The zero-order valence-electron chi connectivity index (χ0n) is 21.7. The number of fused-ring (bicyclic) bond motifs is 1. The maximum Gasteiger partial charge on any atom is 0.228 e. The summed E-state index contributed by atoms with van der Waals surface area (Å²) in [5, 5.41) is 10.5. The quantitative estimate of drug-likeness (QED) is 0.394. The third kappa shape index (κ3) is 4.99. The standard InChI is InChI=1S/C30H31N5O3/c1-19-15-24(30-32-20(2)38-34-30)7-8-26(19)22-5-3-21(4-6-22)16-28(36)33-25-17-23-9-14-37-29(23)27(18-25)35-12-10-31-11-13-35/h3-8,15,17-18,31H,9-14,16H2,1-2H3,(H,33,36). The molecule has 2 N–H and O–H groups in total. The molecule has 1 saturated heterocycles. The topological polar surface area (TPSA) is 92.5 Å². The van der Waals surface area contributed by atoms with Gasteiger partial charge < -0.3 is 24.8 Å². The van der Waals surface area contributed by atoms with Crippen molar-refractivity contribution in [2.24, 2.45) is 0 Å². The van der Waals surface area contributed by atoms with Crippen LogP contribution in [0.25, 0.3) is 22.5 Å². The molecule has 1 fully saturated rings. The van der Waals surface area contributed by atoms with Crippen molar-refractivity contribution < 1.29 is 14.1 Å². The Hall–Kier alpha value is -4.17. The number of ether oxygens (including phenoxy) is 1. The van der Waals surface area contributed by atoms with Gasteiger partial charge in [0.15, 0.2) is 0 Å². The van der Waals surface area contributed by atoms with Crippen molar-refractivity contribution in [3.05, 3.63) is 77.2 Å². The first kappa shape index (κ1) is 24.2. The number of hydrogen-bond donors (Lipinski definition) is 2. The predicted molar refractivity (Wildman–Crippen MR) is 148 cm³/mol. The number of amides is 1. The molecule has 0 aliphatic carbocycles. The summed E-state index contributed by atoms with van der Waals surface area (Å²) in [6, 6.07) is 18.4. The molecule has 0 unspecified atom stereocenters. The molecule has 194 valence electrons. The fraction of sp³-hybridized carbons (Fsp3) is 0.300. The molecule has 0 saturated carbocycles. The van der Waals surface area contributed by atoms with Gasteiger partial charge in [-0.15, -0.1) is 0 Å². The second-order valence-corrected chi connectivity index (χ2v) is 9.91. The van der Waals surface area contributed by atoms with E-state index in [4.69, 9.17) is 9.26 Å². The Balaban J connectivity index is 1.14. The molecule has 0 atom stereocenters. The lowest BCUT2D eigenvalue weighted by Crippen LogP contribution is -2.43. The van der Waals surface area contributed by atoms with Gasteiger partial charge in [-0.2, -0.15) is 4.98 Å². The smallest absolute Gasteiger partial charge is 0.228 e. The van der Waals surface area contributed by atoms with E-state index in [1.54, 1.807) is 6.92 Å². The normalized spacial score (nSPS) is 14.7. The van der Waals surface area contributed by atoms with Crippen molar-refractivity contribution in [3.8, 4) is 28.3 Å². The van der Waals surface area contributed by atoms with Gasteiger partial charge in [-0.05, 0) is 47.4 Å². The largest absolute Gasteiger partial charge is 0.491 e. The monoisotopic (exact) mass is 509 g/mol. The third-order valence-electron chi connectivity index (χ3n) is 7.15. The van der Waals surface area contributed by atoms with Gasteiger partial charge in [-0.1, -0.05) is 41.6 Å². The first-order valence-electron chi connectivity index (χ1n) is 13.1. The van der Waals surface area contributed by atoms with Crippen molar-refractivity contribution in [2.75, 3.05) is 43.0 Å². The Bertz CT molecular complexity index is 1470. The Morgan fingerprint density at radius 1 is 1.03 bits per heavy atom. The molecule has 0 radical (unpaired) electrons.